The number of aromatic nitrogens is 2. The van der Waals surface area contributed by atoms with Crippen LogP contribution in [0.3, 0.4) is 0 Å². The van der Waals surface area contributed by atoms with Crippen LogP contribution in [0.1, 0.15) is 27.0 Å². The van der Waals surface area contributed by atoms with E-state index in [2.05, 4.69) is 38.8 Å². The summed E-state index contributed by atoms with van der Waals surface area (Å²) in [6.07, 6.45) is 1.29. The lowest BCUT2D eigenvalue weighted by atomic mass is 10.2. The number of hydrogen-bond donors (Lipinski definition) is 1. The van der Waals surface area contributed by atoms with Crippen molar-refractivity contribution in [2.45, 2.75) is 51.2 Å². The zero-order valence-electron chi connectivity index (χ0n) is 19.5. The molecule has 0 radical (unpaired) electrons. The van der Waals surface area contributed by atoms with Crippen LogP contribution < -0.4 is 11.2 Å². The Bertz CT molecular complexity index is 882. The Morgan fingerprint density at radius 1 is 1.16 bits per heavy atom. The van der Waals surface area contributed by atoms with E-state index in [1.165, 1.54) is 50.1 Å². The van der Waals surface area contributed by atoms with Crippen molar-refractivity contribution in [2.75, 3.05) is 34.5 Å². The molecule has 2 atom stereocenters. The van der Waals surface area contributed by atoms with Crippen molar-refractivity contribution in [3.8, 4) is 0 Å². The molecule has 0 aliphatic heterocycles. The number of nitrogens with zero attached hydrogens (tertiary/aromatic N) is 1. The summed E-state index contributed by atoms with van der Waals surface area (Å²) < 4.78 is 41.1. The number of aromatic amines is 1. The van der Waals surface area contributed by atoms with E-state index in [-0.39, 0.29) is 18.3 Å². The number of hydrogen-bond acceptors (Lipinski definition) is 8. The van der Waals surface area contributed by atoms with Crippen molar-refractivity contribution in [3.63, 3.8) is 0 Å². The summed E-state index contributed by atoms with van der Waals surface area (Å²) in [4.78, 5) is 25.8. The highest BCUT2D eigenvalue weighted by Gasteiger charge is 2.37. The number of H-pyrrole nitrogens is 1. The SMILES string of the molecule is COC[C@@H](O[C@H](/C=C/P(=O)(OC)OC)CO[Si](C)(C)C(C)(C)C)n1ccc(=O)[nH]c1=O. The minimum atomic E-state index is -3.43. The maximum Gasteiger partial charge on any atom is 0.353 e. The molecule has 1 aromatic heterocycles. The lowest BCUT2D eigenvalue weighted by Crippen LogP contribution is -2.43. The van der Waals surface area contributed by atoms with E-state index in [9.17, 15) is 14.2 Å². The molecule has 0 aromatic carbocycles. The summed E-state index contributed by atoms with van der Waals surface area (Å²) in [6.45, 7) is 10.7. The van der Waals surface area contributed by atoms with Crippen LogP contribution >= 0.6 is 7.60 Å². The molecule has 1 N–H and O–H groups in total. The number of rotatable bonds is 12. The lowest BCUT2D eigenvalue weighted by molar-refractivity contribution is -0.0858. The van der Waals surface area contributed by atoms with E-state index < -0.39 is 39.5 Å². The molecule has 1 aromatic rings. The van der Waals surface area contributed by atoms with E-state index in [0.29, 0.717) is 0 Å². The van der Waals surface area contributed by atoms with Crippen molar-refractivity contribution in [2.24, 2.45) is 0 Å². The highest BCUT2D eigenvalue weighted by Crippen LogP contribution is 2.48. The van der Waals surface area contributed by atoms with E-state index in [1.54, 1.807) is 0 Å². The molecule has 0 bridgehead atoms. The highest BCUT2D eigenvalue weighted by atomic mass is 31.2. The first-order chi connectivity index (χ1) is 14.3. The van der Waals surface area contributed by atoms with Gasteiger partial charge >= 0.3 is 13.3 Å². The van der Waals surface area contributed by atoms with Crippen molar-refractivity contribution in [1.82, 2.24) is 9.55 Å². The molecule has 1 rings (SSSR count). The second kappa shape index (κ2) is 11.5. The molecule has 31 heavy (non-hydrogen) atoms. The van der Waals surface area contributed by atoms with Gasteiger partial charge in [-0.25, -0.2) is 4.79 Å². The monoisotopic (exact) mass is 478 g/mol. The fraction of sp³-hybridized carbons (Fsp3) is 0.684. The van der Waals surface area contributed by atoms with Crippen molar-refractivity contribution >= 4 is 15.9 Å². The average molecular weight is 479 g/mol. The van der Waals surface area contributed by atoms with Crippen LogP contribution in [0.25, 0.3) is 0 Å². The van der Waals surface area contributed by atoms with E-state index in [0.717, 1.165) is 0 Å². The Morgan fingerprint density at radius 2 is 1.77 bits per heavy atom. The summed E-state index contributed by atoms with van der Waals surface area (Å²) >= 11 is 0. The second-order valence-corrected chi connectivity index (χ2v) is 15.3. The topological polar surface area (TPSA) is 118 Å². The van der Waals surface area contributed by atoms with Crippen LogP contribution in [-0.4, -0.2) is 58.5 Å². The van der Waals surface area contributed by atoms with Crippen LogP contribution in [0.5, 0.6) is 0 Å². The van der Waals surface area contributed by atoms with E-state index in [4.69, 9.17) is 22.9 Å². The van der Waals surface area contributed by atoms with E-state index in [1.807, 2.05) is 0 Å². The van der Waals surface area contributed by atoms with Crippen LogP contribution in [0.15, 0.2) is 33.7 Å². The van der Waals surface area contributed by atoms with Gasteiger partial charge in [0.25, 0.3) is 5.56 Å². The summed E-state index contributed by atoms with van der Waals surface area (Å²) in [5.74, 6) is 1.30. The first-order valence-electron chi connectivity index (χ1n) is 9.79. The highest BCUT2D eigenvalue weighted by molar-refractivity contribution is 7.57. The molecule has 0 aliphatic rings. The van der Waals surface area contributed by atoms with Crippen LogP contribution in [0.2, 0.25) is 18.1 Å². The number of nitrogens with one attached hydrogen (secondary N) is 1. The molecule has 10 nitrogen and oxygen atoms in total. The van der Waals surface area contributed by atoms with Gasteiger partial charge in [-0.05, 0) is 24.2 Å². The molecule has 1 heterocycles. The quantitative estimate of drug-likeness (QED) is 0.360. The zero-order valence-corrected chi connectivity index (χ0v) is 21.4. The van der Waals surface area contributed by atoms with Gasteiger partial charge in [0.2, 0.25) is 0 Å². The molecule has 0 saturated carbocycles. The third-order valence-corrected chi connectivity index (χ3v) is 11.3. The third kappa shape index (κ3) is 8.26. The molecule has 0 fully saturated rings. The largest absolute Gasteiger partial charge is 0.414 e. The molecule has 0 spiro atoms. The van der Waals surface area contributed by atoms with Gasteiger partial charge in [0.05, 0.1) is 13.2 Å². The Hall–Kier alpha value is -1.33. The van der Waals surface area contributed by atoms with Crippen molar-refractivity contribution < 1.29 is 27.5 Å². The van der Waals surface area contributed by atoms with Gasteiger partial charge in [0.15, 0.2) is 14.5 Å². The molecule has 0 aliphatic carbocycles. The van der Waals surface area contributed by atoms with Crippen molar-refractivity contribution in [1.29, 1.82) is 0 Å². The molecule has 0 unspecified atom stereocenters. The van der Waals surface area contributed by atoms with Gasteiger partial charge in [-0.2, -0.15) is 0 Å². The minimum Gasteiger partial charge on any atom is -0.414 e. The normalized spacial score (nSPS) is 15.4. The maximum atomic E-state index is 12.5. The summed E-state index contributed by atoms with van der Waals surface area (Å²) in [5, 5.41) is -0.0304. The fourth-order valence-electron chi connectivity index (χ4n) is 2.23. The molecular weight excluding hydrogens is 443 g/mol. The van der Waals surface area contributed by atoms with Crippen LogP contribution in [-0.2, 0) is 27.5 Å². The van der Waals surface area contributed by atoms with E-state index >= 15 is 0 Å². The third-order valence-electron chi connectivity index (χ3n) is 5.21. The smallest absolute Gasteiger partial charge is 0.353 e. The molecule has 12 heteroatoms. The Balaban J connectivity index is 3.23. The van der Waals surface area contributed by atoms with Gasteiger partial charge < -0.3 is 22.9 Å². The Kier molecular flexibility index (Phi) is 10.3. The average Bonchev–Trinajstić information content (AvgIpc) is 2.68. The van der Waals surface area contributed by atoms with Gasteiger partial charge in [-0.3, -0.25) is 18.9 Å². The minimum absolute atomic E-state index is 0.0304. The predicted octanol–water partition coefficient (Wildman–Crippen LogP) is 3.09. The Morgan fingerprint density at radius 3 is 2.26 bits per heavy atom. The summed E-state index contributed by atoms with van der Waals surface area (Å²) in [5.41, 5.74) is -1.15. The van der Waals surface area contributed by atoms with Crippen LogP contribution in [0, 0.1) is 0 Å². The van der Waals surface area contributed by atoms with Crippen LogP contribution in [0.4, 0.5) is 0 Å². The van der Waals surface area contributed by atoms with Gasteiger partial charge in [0, 0.05) is 39.4 Å². The maximum absolute atomic E-state index is 12.5. The zero-order chi connectivity index (χ0) is 23.9. The van der Waals surface area contributed by atoms with Gasteiger partial charge in [0.1, 0.15) is 6.10 Å². The molecule has 0 amide bonds. The summed E-state index contributed by atoms with van der Waals surface area (Å²) in [7, 11) is -1.52. The molecule has 0 saturated heterocycles. The number of ether oxygens (including phenoxy) is 2. The van der Waals surface area contributed by atoms with Gasteiger partial charge in [-0.1, -0.05) is 20.8 Å². The fourth-order valence-corrected chi connectivity index (χ4v) is 4.04. The lowest BCUT2D eigenvalue weighted by Gasteiger charge is -2.37. The first kappa shape index (κ1) is 27.7. The van der Waals surface area contributed by atoms with Crippen molar-refractivity contribution in [3.05, 3.63) is 45.0 Å². The predicted molar refractivity (Wildman–Crippen MR) is 121 cm³/mol. The summed E-state index contributed by atoms with van der Waals surface area (Å²) in [6, 6.07) is 1.22. The first-order valence-corrected chi connectivity index (χ1v) is 14.3. The standard InChI is InChI=1S/C19H35N2O8PSi/c1-19(2,3)31(7,8)28-13-15(10-12-30(24,26-5)27-6)29-17(14-25-4)21-11-9-16(22)20-18(21)23/h9-12,15,17H,13-14H2,1-8H3,(H,20,22,23)/b12-10+/t15-,17-/m1/s1. The molecule has 178 valence electrons. The second-order valence-electron chi connectivity index (χ2n) is 8.42. The Labute approximate surface area is 184 Å². The number of methoxy groups -OCH3 is 1. The molecular formula is C19H35N2O8PSi. The van der Waals surface area contributed by atoms with Gasteiger partial charge in [-0.15, -0.1) is 0 Å².